The van der Waals surface area contributed by atoms with Gasteiger partial charge in [0.25, 0.3) is 5.91 Å². The number of aromatic nitrogens is 2. The van der Waals surface area contributed by atoms with Gasteiger partial charge in [-0.1, -0.05) is 31.9 Å². The van der Waals surface area contributed by atoms with Crippen molar-refractivity contribution in [3.8, 4) is 0 Å². The van der Waals surface area contributed by atoms with E-state index in [1.54, 1.807) is 31.2 Å². The van der Waals surface area contributed by atoms with Gasteiger partial charge in [-0.2, -0.15) is 0 Å². The molecule has 5 nitrogen and oxygen atoms in total. The topological polar surface area (TPSA) is 66.9 Å². The maximum absolute atomic E-state index is 13.7. The summed E-state index contributed by atoms with van der Waals surface area (Å²) in [7, 11) is 0. The van der Waals surface area contributed by atoms with Gasteiger partial charge in [0.15, 0.2) is 0 Å². The van der Waals surface area contributed by atoms with Gasteiger partial charge in [-0.25, -0.2) is 14.4 Å². The van der Waals surface area contributed by atoms with E-state index in [-0.39, 0.29) is 23.2 Å². The smallest absolute Gasteiger partial charge is 0.270 e. The van der Waals surface area contributed by atoms with Crippen LogP contribution in [0.4, 0.5) is 16.0 Å². The van der Waals surface area contributed by atoms with Gasteiger partial charge in [-0.15, -0.1) is 0 Å². The molecule has 0 bridgehead atoms. The molecule has 6 heteroatoms. The first-order chi connectivity index (χ1) is 11.1. The molecule has 1 amide bonds. The Morgan fingerprint density at radius 3 is 2.74 bits per heavy atom. The lowest BCUT2D eigenvalue weighted by Gasteiger charge is -2.09. The molecule has 0 aliphatic rings. The highest BCUT2D eigenvalue weighted by Crippen LogP contribution is 2.17. The van der Waals surface area contributed by atoms with E-state index in [0.717, 1.165) is 19.3 Å². The fourth-order valence-electron chi connectivity index (χ4n) is 2.09. The Labute approximate surface area is 135 Å². The number of nitrogens with zero attached hydrogens (tertiary/aromatic N) is 2. The van der Waals surface area contributed by atoms with Crippen LogP contribution < -0.4 is 10.6 Å². The zero-order chi connectivity index (χ0) is 16.7. The van der Waals surface area contributed by atoms with Crippen molar-refractivity contribution in [1.82, 2.24) is 15.3 Å². The number of rotatable bonds is 7. The molecule has 0 radical (unpaired) electrons. The van der Waals surface area contributed by atoms with E-state index in [0.29, 0.717) is 12.2 Å². The molecule has 1 aromatic carbocycles. The first kappa shape index (κ1) is 16.9. The number of unbranched alkanes of at least 4 members (excludes halogenated alkanes) is 2. The van der Waals surface area contributed by atoms with Crippen molar-refractivity contribution in [2.45, 2.75) is 33.1 Å². The molecule has 1 aromatic heterocycles. The lowest BCUT2D eigenvalue weighted by molar-refractivity contribution is 0.0948. The standard InChI is InChI=1S/C17H21FN4O/c1-3-4-7-10-19-16(23)15-11-12(2)20-17(22-15)21-14-9-6-5-8-13(14)18/h5-6,8-9,11H,3-4,7,10H2,1-2H3,(H,19,23)(H,20,21,22). The van der Waals surface area contributed by atoms with E-state index in [2.05, 4.69) is 27.5 Å². The zero-order valence-corrected chi connectivity index (χ0v) is 13.4. The third-order valence-electron chi connectivity index (χ3n) is 3.27. The van der Waals surface area contributed by atoms with Crippen molar-refractivity contribution in [1.29, 1.82) is 0 Å². The summed E-state index contributed by atoms with van der Waals surface area (Å²) in [6.07, 6.45) is 3.11. The molecule has 0 aliphatic carbocycles. The summed E-state index contributed by atoms with van der Waals surface area (Å²) in [4.78, 5) is 20.5. The van der Waals surface area contributed by atoms with Crippen molar-refractivity contribution in [3.05, 3.63) is 47.5 Å². The molecule has 23 heavy (non-hydrogen) atoms. The average molecular weight is 316 g/mol. The van der Waals surface area contributed by atoms with Crippen LogP contribution in [0.3, 0.4) is 0 Å². The summed E-state index contributed by atoms with van der Waals surface area (Å²) >= 11 is 0. The van der Waals surface area contributed by atoms with Crippen LogP contribution in [-0.2, 0) is 0 Å². The van der Waals surface area contributed by atoms with E-state index >= 15 is 0 Å². The van der Waals surface area contributed by atoms with Gasteiger partial charge >= 0.3 is 0 Å². The fraction of sp³-hybridized carbons (Fsp3) is 0.353. The molecule has 1 heterocycles. The Kier molecular flexibility index (Phi) is 6.02. The second-order valence-corrected chi connectivity index (χ2v) is 5.29. The van der Waals surface area contributed by atoms with Crippen LogP contribution in [0.5, 0.6) is 0 Å². The van der Waals surface area contributed by atoms with Crippen LogP contribution in [-0.4, -0.2) is 22.4 Å². The number of hydrogen-bond acceptors (Lipinski definition) is 4. The molecule has 2 rings (SSSR count). The number of carbonyl (C=O) groups is 1. The summed E-state index contributed by atoms with van der Waals surface area (Å²) in [5.74, 6) is -0.444. The minimum Gasteiger partial charge on any atom is -0.351 e. The average Bonchev–Trinajstić information content (AvgIpc) is 2.53. The lowest BCUT2D eigenvalue weighted by atomic mass is 10.2. The van der Waals surface area contributed by atoms with Crippen molar-refractivity contribution < 1.29 is 9.18 Å². The van der Waals surface area contributed by atoms with Crippen LogP contribution >= 0.6 is 0 Å². The van der Waals surface area contributed by atoms with Crippen LogP contribution in [0.15, 0.2) is 30.3 Å². The molecule has 0 fully saturated rings. The third kappa shape index (κ3) is 5.02. The number of halogens is 1. The van der Waals surface area contributed by atoms with Crippen molar-refractivity contribution >= 4 is 17.5 Å². The normalized spacial score (nSPS) is 10.4. The molecule has 0 unspecified atom stereocenters. The van der Waals surface area contributed by atoms with Crippen molar-refractivity contribution in [2.24, 2.45) is 0 Å². The fourth-order valence-corrected chi connectivity index (χ4v) is 2.09. The summed E-state index contributed by atoms with van der Waals surface area (Å²) in [5, 5.41) is 5.64. The Morgan fingerprint density at radius 2 is 2.00 bits per heavy atom. The molecule has 0 atom stereocenters. The Morgan fingerprint density at radius 1 is 1.22 bits per heavy atom. The maximum Gasteiger partial charge on any atom is 0.270 e. The molecule has 122 valence electrons. The van der Waals surface area contributed by atoms with E-state index in [1.807, 2.05) is 0 Å². The summed E-state index contributed by atoms with van der Waals surface area (Å²) in [5.41, 5.74) is 1.18. The summed E-state index contributed by atoms with van der Waals surface area (Å²) in [6.45, 7) is 4.49. The predicted octanol–water partition coefficient (Wildman–Crippen LogP) is 3.59. The van der Waals surface area contributed by atoms with Crippen LogP contribution in [0.25, 0.3) is 0 Å². The Hall–Kier alpha value is -2.50. The number of nitrogens with one attached hydrogen (secondary N) is 2. The molecule has 0 saturated heterocycles. The number of benzene rings is 1. The van der Waals surface area contributed by atoms with Gasteiger partial charge in [0.1, 0.15) is 11.5 Å². The number of aryl methyl sites for hydroxylation is 1. The van der Waals surface area contributed by atoms with E-state index < -0.39 is 5.82 Å². The quantitative estimate of drug-likeness (QED) is 0.766. The summed E-state index contributed by atoms with van der Waals surface area (Å²) in [6, 6.07) is 7.86. The second kappa shape index (κ2) is 8.22. The highest BCUT2D eigenvalue weighted by molar-refractivity contribution is 5.92. The monoisotopic (exact) mass is 316 g/mol. The number of para-hydroxylation sites is 1. The van der Waals surface area contributed by atoms with Crippen molar-refractivity contribution in [3.63, 3.8) is 0 Å². The number of amides is 1. The largest absolute Gasteiger partial charge is 0.351 e. The molecule has 0 aliphatic heterocycles. The second-order valence-electron chi connectivity index (χ2n) is 5.29. The molecule has 0 spiro atoms. The molecule has 2 aromatic rings. The molecule has 0 saturated carbocycles. The Balaban J connectivity index is 2.09. The van der Waals surface area contributed by atoms with E-state index in [4.69, 9.17) is 0 Å². The molecular formula is C17H21FN4O. The van der Waals surface area contributed by atoms with Gasteiger partial charge in [0.05, 0.1) is 5.69 Å². The van der Waals surface area contributed by atoms with Crippen LogP contribution in [0, 0.1) is 12.7 Å². The van der Waals surface area contributed by atoms with E-state index in [1.165, 1.54) is 6.07 Å². The van der Waals surface area contributed by atoms with Gasteiger partial charge in [-0.05, 0) is 31.5 Å². The SMILES string of the molecule is CCCCCNC(=O)c1cc(C)nc(Nc2ccccc2F)n1. The molecular weight excluding hydrogens is 295 g/mol. The van der Waals surface area contributed by atoms with Gasteiger partial charge in [0.2, 0.25) is 5.95 Å². The van der Waals surface area contributed by atoms with Gasteiger partial charge in [-0.3, -0.25) is 4.79 Å². The number of hydrogen-bond donors (Lipinski definition) is 2. The van der Waals surface area contributed by atoms with E-state index in [9.17, 15) is 9.18 Å². The van der Waals surface area contributed by atoms with Crippen LogP contribution in [0.2, 0.25) is 0 Å². The minimum atomic E-state index is -0.400. The van der Waals surface area contributed by atoms with Crippen molar-refractivity contribution in [2.75, 3.05) is 11.9 Å². The Bertz CT molecular complexity index is 675. The third-order valence-corrected chi connectivity index (χ3v) is 3.27. The number of anilines is 2. The maximum atomic E-state index is 13.7. The number of carbonyl (C=O) groups excluding carboxylic acids is 1. The van der Waals surface area contributed by atoms with Gasteiger partial charge < -0.3 is 10.6 Å². The first-order valence-corrected chi connectivity index (χ1v) is 7.75. The first-order valence-electron chi connectivity index (χ1n) is 7.75. The van der Waals surface area contributed by atoms with Crippen LogP contribution in [0.1, 0.15) is 42.4 Å². The molecule has 2 N–H and O–H groups in total. The zero-order valence-electron chi connectivity index (χ0n) is 13.4. The lowest BCUT2D eigenvalue weighted by Crippen LogP contribution is -2.26. The minimum absolute atomic E-state index is 0.203. The summed E-state index contributed by atoms with van der Waals surface area (Å²) < 4.78 is 13.7. The van der Waals surface area contributed by atoms with Gasteiger partial charge in [0, 0.05) is 12.2 Å². The highest BCUT2D eigenvalue weighted by atomic mass is 19.1. The predicted molar refractivity (Wildman–Crippen MR) is 88.3 cm³/mol. The highest BCUT2D eigenvalue weighted by Gasteiger charge is 2.11.